The maximum Gasteiger partial charge on any atom is 0.238 e. The van der Waals surface area contributed by atoms with Crippen LogP contribution in [0.4, 0.5) is 5.69 Å². The fraction of sp³-hybridized carbons (Fsp3) is 0.462. The van der Waals surface area contributed by atoms with Gasteiger partial charge in [0, 0.05) is 49.1 Å². The van der Waals surface area contributed by atoms with Gasteiger partial charge in [0.1, 0.15) is 0 Å². The van der Waals surface area contributed by atoms with Crippen LogP contribution in [-0.2, 0) is 9.59 Å². The number of likely N-dealkylation sites (tertiary alicyclic amines) is 1. The number of carbonyl (C=O) groups is 2. The molecular formula is C26H34N4O2S. The minimum Gasteiger partial charge on any atom is -0.342 e. The highest BCUT2D eigenvalue weighted by Gasteiger charge is 2.23. The van der Waals surface area contributed by atoms with E-state index in [-0.39, 0.29) is 11.8 Å². The van der Waals surface area contributed by atoms with Gasteiger partial charge in [-0.05, 0) is 37.1 Å². The summed E-state index contributed by atoms with van der Waals surface area (Å²) in [5.41, 5.74) is 0.845. The zero-order valence-corrected chi connectivity index (χ0v) is 20.1. The fourth-order valence-electron chi connectivity index (χ4n) is 4.38. The van der Waals surface area contributed by atoms with E-state index in [1.807, 2.05) is 47.4 Å². The lowest BCUT2D eigenvalue weighted by Gasteiger charge is -2.35. The van der Waals surface area contributed by atoms with Crippen LogP contribution in [0, 0.1) is 0 Å². The second kappa shape index (κ2) is 12.2. The first-order valence-electron chi connectivity index (χ1n) is 12.0. The molecule has 2 aliphatic rings. The molecule has 0 bridgehead atoms. The zero-order chi connectivity index (χ0) is 22.9. The third-order valence-corrected chi connectivity index (χ3v) is 7.37. The molecule has 0 aliphatic carbocycles. The first kappa shape index (κ1) is 23.8. The highest BCUT2D eigenvalue weighted by atomic mass is 32.2. The molecule has 176 valence electrons. The maximum absolute atomic E-state index is 12.7. The van der Waals surface area contributed by atoms with Crippen LogP contribution in [0.5, 0.6) is 0 Å². The summed E-state index contributed by atoms with van der Waals surface area (Å²) >= 11 is 1.65. The highest BCUT2D eigenvalue weighted by Crippen LogP contribution is 2.33. The van der Waals surface area contributed by atoms with Crippen molar-refractivity contribution < 1.29 is 9.59 Å². The van der Waals surface area contributed by atoms with E-state index < -0.39 is 0 Å². The smallest absolute Gasteiger partial charge is 0.238 e. The Morgan fingerprint density at radius 2 is 1.33 bits per heavy atom. The molecule has 2 aliphatic heterocycles. The molecule has 2 heterocycles. The molecule has 2 saturated heterocycles. The second-order valence-electron chi connectivity index (χ2n) is 8.81. The standard InChI is InChI=1S/C26H34N4O2S/c31-25(27-23-12-6-7-13-24(23)33-22-10-4-3-5-11-22)20-28-16-18-29(19-17-28)21-26(32)30-14-8-1-2-9-15-30/h3-7,10-13H,1-2,8-9,14-21H2,(H,27,31). The highest BCUT2D eigenvalue weighted by molar-refractivity contribution is 7.99. The molecule has 2 aromatic carbocycles. The van der Waals surface area contributed by atoms with Gasteiger partial charge < -0.3 is 10.2 Å². The van der Waals surface area contributed by atoms with Gasteiger partial charge in [-0.25, -0.2) is 0 Å². The molecule has 0 unspecified atom stereocenters. The van der Waals surface area contributed by atoms with Gasteiger partial charge in [0.25, 0.3) is 0 Å². The summed E-state index contributed by atoms with van der Waals surface area (Å²) in [5, 5.41) is 3.09. The summed E-state index contributed by atoms with van der Waals surface area (Å²) in [6.45, 7) is 5.96. The van der Waals surface area contributed by atoms with Crippen LogP contribution in [0.25, 0.3) is 0 Å². The monoisotopic (exact) mass is 466 g/mol. The van der Waals surface area contributed by atoms with Crippen LogP contribution < -0.4 is 5.32 Å². The lowest BCUT2D eigenvalue weighted by Crippen LogP contribution is -2.51. The molecule has 0 atom stereocenters. The maximum atomic E-state index is 12.7. The minimum absolute atomic E-state index is 0.00482. The van der Waals surface area contributed by atoms with Crippen molar-refractivity contribution in [1.82, 2.24) is 14.7 Å². The van der Waals surface area contributed by atoms with Crippen molar-refractivity contribution in [1.29, 1.82) is 0 Å². The number of nitrogens with one attached hydrogen (secondary N) is 1. The number of rotatable bonds is 7. The first-order valence-corrected chi connectivity index (χ1v) is 12.8. The molecule has 2 amide bonds. The summed E-state index contributed by atoms with van der Waals surface area (Å²) in [7, 11) is 0. The Morgan fingerprint density at radius 1 is 0.727 bits per heavy atom. The van der Waals surface area contributed by atoms with E-state index in [4.69, 9.17) is 0 Å². The van der Waals surface area contributed by atoms with Crippen molar-refractivity contribution in [3.8, 4) is 0 Å². The van der Waals surface area contributed by atoms with Crippen LogP contribution in [0.1, 0.15) is 25.7 Å². The van der Waals surface area contributed by atoms with E-state index in [1.54, 1.807) is 11.8 Å². The van der Waals surface area contributed by atoms with Gasteiger partial charge in [0.15, 0.2) is 0 Å². The number of anilines is 1. The van der Waals surface area contributed by atoms with Crippen molar-refractivity contribution >= 4 is 29.3 Å². The molecule has 0 radical (unpaired) electrons. The molecule has 6 nitrogen and oxygen atoms in total. The van der Waals surface area contributed by atoms with Gasteiger partial charge in [-0.1, -0.05) is 54.9 Å². The second-order valence-corrected chi connectivity index (χ2v) is 9.92. The summed E-state index contributed by atoms with van der Waals surface area (Å²) in [6.07, 6.45) is 4.73. The Labute approximate surface area is 201 Å². The predicted molar refractivity (Wildman–Crippen MR) is 134 cm³/mol. The average Bonchev–Trinajstić information content (AvgIpc) is 3.12. The van der Waals surface area contributed by atoms with Gasteiger partial charge in [0.2, 0.25) is 11.8 Å². The average molecular weight is 467 g/mol. The molecule has 2 fully saturated rings. The van der Waals surface area contributed by atoms with E-state index in [2.05, 4.69) is 27.2 Å². The van der Waals surface area contributed by atoms with Crippen molar-refractivity contribution in [2.45, 2.75) is 35.5 Å². The SMILES string of the molecule is O=C(CN1CCN(CC(=O)N2CCCCCC2)CC1)Nc1ccccc1Sc1ccccc1. The first-order chi connectivity index (χ1) is 16.2. The van der Waals surface area contributed by atoms with Gasteiger partial charge in [-0.2, -0.15) is 0 Å². The normalized spacial score (nSPS) is 18.0. The van der Waals surface area contributed by atoms with Crippen molar-refractivity contribution in [2.75, 3.05) is 57.7 Å². The molecule has 4 rings (SSSR count). The number of hydrogen-bond donors (Lipinski definition) is 1. The van der Waals surface area contributed by atoms with Gasteiger partial charge in [-0.15, -0.1) is 0 Å². The predicted octanol–water partition coefficient (Wildman–Crippen LogP) is 3.80. The summed E-state index contributed by atoms with van der Waals surface area (Å²) in [5.74, 6) is 0.265. The summed E-state index contributed by atoms with van der Waals surface area (Å²) in [6, 6.07) is 18.1. The third kappa shape index (κ3) is 7.32. The summed E-state index contributed by atoms with van der Waals surface area (Å²) < 4.78 is 0. The Balaban J connectivity index is 1.22. The van der Waals surface area contributed by atoms with E-state index in [0.717, 1.165) is 67.6 Å². The molecule has 2 aromatic rings. The molecule has 0 aromatic heterocycles. The van der Waals surface area contributed by atoms with E-state index in [1.165, 1.54) is 12.8 Å². The number of hydrogen-bond acceptors (Lipinski definition) is 5. The quantitative estimate of drug-likeness (QED) is 0.673. The topological polar surface area (TPSA) is 55.9 Å². The van der Waals surface area contributed by atoms with Gasteiger partial charge in [0.05, 0.1) is 18.8 Å². The Hall–Kier alpha value is -2.35. The number of amides is 2. The number of benzene rings is 2. The van der Waals surface area contributed by atoms with E-state index in [0.29, 0.717) is 13.1 Å². The number of piperazine rings is 1. The third-order valence-electron chi connectivity index (χ3n) is 6.28. The molecule has 0 spiro atoms. The molecule has 33 heavy (non-hydrogen) atoms. The van der Waals surface area contributed by atoms with Gasteiger partial charge >= 0.3 is 0 Å². The lowest BCUT2D eigenvalue weighted by molar-refractivity contribution is -0.133. The Morgan fingerprint density at radius 3 is 2.03 bits per heavy atom. The van der Waals surface area contributed by atoms with Crippen molar-refractivity contribution in [3.63, 3.8) is 0 Å². The van der Waals surface area contributed by atoms with Crippen LogP contribution >= 0.6 is 11.8 Å². The Kier molecular flexibility index (Phi) is 8.80. The number of carbonyl (C=O) groups excluding carboxylic acids is 2. The van der Waals surface area contributed by atoms with Crippen LogP contribution in [0.3, 0.4) is 0 Å². The van der Waals surface area contributed by atoms with Crippen LogP contribution in [-0.4, -0.2) is 78.9 Å². The Bertz CT molecular complexity index is 908. The zero-order valence-electron chi connectivity index (χ0n) is 19.2. The minimum atomic E-state index is 0.00482. The van der Waals surface area contributed by atoms with Crippen LogP contribution in [0.15, 0.2) is 64.4 Å². The van der Waals surface area contributed by atoms with Crippen molar-refractivity contribution in [2.24, 2.45) is 0 Å². The number of para-hydroxylation sites is 1. The van der Waals surface area contributed by atoms with Crippen LogP contribution in [0.2, 0.25) is 0 Å². The molecule has 7 heteroatoms. The van der Waals surface area contributed by atoms with E-state index in [9.17, 15) is 9.59 Å². The van der Waals surface area contributed by atoms with Crippen molar-refractivity contribution in [3.05, 3.63) is 54.6 Å². The van der Waals surface area contributed by atoms with Gasteiger partial charge in [-0.3, -0.25) is 19.4 Å². The molecule has 0 saturated carbocycles. The lowest BCUT2D eigenvalue weighted by atomic mass is 10.2. The molecular weight excluding hydrogens is 432 g/mol. The molecule has 1 N–H and O–H groups in total. The number of nitrogens with zero attached hydrogens (tertiary/aromatic N) is 3. The summed E-state index contributed by atoms with van der Waals surface area (Å²) in [4.78, 5) is 34.0. The fourth-order valence-corrected chi connectivity index (χ4v) is 5.31. The largest absolute Gasteiger partial charge is 0.342 e. The van der Waals surface area contributed by atoms with E-state index >= 15 is 0 Å².